The average molecular weight is 613 g/mol. The molecule has 226 valence electrons. The molecule has 9 nitrogen and oxygen atoms in total. The lowest BCUT2D eigenvalue weighted by Gasteiger charge is -2.43. The smallest absolute Gasteiger partial charge is 0.246 e. The van der Waals surface area contributed by atoms with Gasteiger partial charge in [-0.3, -0.25) is 4.79 Å². The van der Waals surface area contributed by atoms with Crippen molar-refractivity contribution >= 4 is 45.3 Å². The molecule has 7 rings (SSSR count). The van der Waals surface area contributed by atoms with Crippen LogP contribution in [0.2, 0.25) is 5.02 Å². The summed E-state index contributed by atoms with van der Waals surface area (Å²) >= 11 is 6.95. The minimum atomic E-state index is -0.449. The highest BCUT2D eigenvalue weighted by Crippen LogP contribution is 2.48. The van der Waals surface area contributed by atoms with Gasteiger partial charge >= 0.3 is 0 Å². The van der Waals surface area contributed by atoms with Crippen molar-refractivity contribution in [3.63, 3.8) is 0 Å². The van der Waals surface area contributed by atoms with Crippen LogP contribution in [0.5, 0.6) is 0 Å². The maximum absolute atomic E-state index is 16.9. The Labute approximate surface area is 260 Å². The van der Waals surface area contributed by atoms with Gasteiger partial charge in [-0.1, -0.05) is 47.7 Å². The number of fused-ring (bicyclic) bond motifs is 3. The summed E-state index contributed by atoms with van der Waals surface area (Å²) in [5, 5.41) is 19.6. The van der Waals surface area contributed by atoms with Crippen LogP contribution < -0.4 is 4.90 Å². The monoisotopic (exact) mass is 612 g/mol. The highest BCUT2D eigenvalue weighted by atomic mass is 35.5. The van der Waals surface area contributed by atoms with Crippen molar-refractivity contribution in [3.05, 3.63) is 59.4 Å². The Kier molecular flexibility index (Phi) is 7.26. The fraction of sp³-hybridized carbons (Fsp3) is 0.424. The van der Waals surface area contributed by atoms with Crippen molar-refractivity contribution in [2.24, 2.45) is 0 Å². The summed E-state index contributed by atoms with van der Waals surface area (Å²) in [5.41, 5.74) is 3.80. The molecule has 1 aliphatic carbocycles. The number of nitriles is 1. The number of nitrogens with zero attached hydrogens (tertiary/aromatic N) is 8. The Balaban J connectivity index is 1.40. The molecule has 3 aliphatic rings. The molecule has 3 fully saturated rings. The first-order valence-corrected chi connectivity index (χ1v) is 15.6. The molecule has 0 bridgehead atoms. The van der Waals surface area contributed by atoms with E-state index in [1.54, 1.807) is 11.0 Å². The van der Waals surface area contributed by atoms with E-state index in [0.717, 1.165) is 37.1 Å². The minimum Gasteiger partial charge on any atom is -0.351 e. The largest absolute Gasteiger partial charge is 0.351 e. The van der Waals surface area contributed by atoms with Crippen molar-refractivity contribution in [1.82, 2.24) is 29.8 Å². The van der Waals surface area contributed by atoms with Gasteiger partial charge in [0.15, 0.2) is 17.2 Å². The van der Waals surface area contributed by atoms with Gasteiger partial charge < -0.3 is 14.7 Å². The summed E-state index contributed by atoms with van der Waals surface area (Å²) in [6.45, 7) is 5.57. The van der Waals surface area contributed by atoms with Crippen LogP contribution in [0.4, 0.5) is 10.2 Å². The van der Waals surface area contributed by atoms with Gasteiger partial charge in [0.05, 0.1) is 23.6 Å². The lowest BCUT2D eigenvalue weighted by Crippen LogP contribution is -2.57. The SMILES string of the molecule is C=CC(=O)N1CC[C@H](n2nnc3c(N4CC(N(C)C)C4)nc4c(F)c(-c5ccccc5C5CC5)c(Cl)cc4c32)C[C@H]1CC#N. The molecule has 0 radical (unpaired) electrons. The van der Waals surface area contributed by atoms with Crippen LogP contribution in [0.25, 0.3) is 33.1 Å². The second kappa shape index (κ2) is 11.1. The second-order valence-corrected chi connectivity index (χ2v) is 12.8. The Bertz CT molecular complexity index is 1840. The highest BCUT2D eigenvalue weighted by Gasteiger charge is 2.37. The van der Waals surface area contributed by atoms with Gasteiger partial charge in [0, 0.05) is 42.7 Å². The number of carbonyl (C=O) groups excluding carboxylic acids is 1. The maximum Gasteiger partial charge on any atom is 0.246 e. The zero-order valence-electron chi connectivity index (χ0n) is 24.9. The lowest BCUT2D eigenvalue weighted by molar-refractivity contribution is -0.130. The van der Waals surface area contributed by atoms with E-state index in [2.05, 4.69) is 38.8 Å². The van der Waals surface area contributed by atoms with Gasteiger partial charge in [0.1, 0.15) is 11.0 Å². The zero-order valence-corrected chi connectivity index (χ0v) is 25.6. The lowest BCUT2D eigenvalue weighted by atomic mass is 9.94. The van der Waals surface area contributed by atoms with Crippen molar-refractivity contribution in [1.29, 1.82) is 5.26 Å². The molecule has 4 aromatic rings. The molecule has 11 heteroatoms. The number of amides is 1. The predicted molar refractivity (Wildman–Crippen MR) is 169 cm³/mol. The highest BCUT2D eigenvalue weighted by molar-refractivity contribution is 6.35. The molecule has 4 heterocycles. The first-order chi connectivity index (χ1) is 21.3. The molecule has 44 heavy (non-hydrogen) atoms. The summed E-state index contributed by atoms with van der Waals surface area (Å²) in [6.07, 6.45) is 4.78. The summed E-state index contributed by atoms with van der Waals surface area (Å²) in [6, 6.07) is 11.9. The van der Waals surface area contributed by atoms with Gasteiger partial charge in [-0.2, -0.15) is 5.26 Å². The number of carbonyl (C=O) groups is 1. The normalized spacial score (nSPS) is 20.7. The van der Waals surface area contributed by atoms with Crippen molar-refractivity contribution in [2.45, 2.75) is 56.1 Å². The Hall–Kier alpha value is -4.07. The fourth-order valence-corrected chi connectivity index (χ4v) is 7.16. The van der Waals surface area contributed by atoms with E-state index in [-0.39, 0.29) is 29.9 Å². The topological polar surface area (TPSA) is 94.2 Å². The Morgan fingerprint density at radius 2 is 2.00 bits per heavy atom. The van der Waals surface area contributed by atoms with Crippen LogP contribution in [0.15, 0.2) is 43.0 Å². The molecule has 0 N–H and O–H groups in total. The van der Waals surface area contributed by atoms with Crippen molar-refractivity contribution < 1.29 is 9.18 Å². The van der Waals surface area contributed by atoms with E-state index >= 15 is 4.39 Å². The van der Waals surface area contributed by atoms with Gasteiger partial charge in [-0.05, 0) is 69.0 Å². The molecule has 2 aliphatic heterocycles. The molecule has 2 saturated heterocycles. The number of likely N-dealkylation sites (N-methyl/N-ethyl adjacent to an activating group) is 1. The molecule has 1 saturated carbocycles. The number of hydrogen-bond donors (Lipinski definition) is 0. The molecular formula is C33H34ClFN8O. The average Bonchev–Trinajstić information content (AvgIpc) is 3.74. The number of likely N-dealkylation sites (tertiary alicyclic amines) is 1. The summed E-state index contributed by atoms with van der Waals surface area (Å²) < 4.78 is 18.7. The first-order valence-electron chi connectivity index (χ1n) is 15.2. The van der Waals surface area contributed by atoms with Crippen LogP contribution in [-0.4, -0.2) is 81.5 Å². The van der Waals surface area contributed by atoms with Crippen molar-refractivity contribution in [3.8, 4) is 17.2 Å². The minimum absolute atomic E-state index is 0.159. The van der Waals surface area contributed by atoms with Gasteiger partial charge in [0.2, 0.25) is 5.91 Å². The summed E-state index contributed by atoms with van der Waals surface area (Å²) in [5.74, 6) is 0.380. The molecule has 0 spiro atoms. The van der Waals surface area contributed by atoms with Crippen LogP contribution in [0.3, 0.4) is 0 Å². The number of pyridine rings is 1. The van der Waals surface area contributed by atoms with E-state index < -0.39 is 5.82 Å². The van der Waals surface area contributed by atoms with Crippen molar-refractivity contribution in [2.75, 3.05) is 38.6 Å². The Morgan fingerprint density at radius 1 is 1.23 bits per heavy atom. The number of benzene rings is 2. The van der Waals surface area contributed by atoms with Crippen LogP contribution in [0, 0.1) is 17.1 Å². The zero-order chi connectivity index (χ0) is 30.7. The number of halogens is 2. The molecule has 0 unspecified atom stereocenters. The molecule has 1 amide bonds. The van der Waals surface area contributed by atoms with E-state index in [1.807, 2.05) is 37.0 Å². The third-order valence-corrected chi connectivity index (χ3v) is 9.83. The quantitative estimate of drug-likeness (QED) is 0.247. The Morgan fingerprint density at radius 3 is 2.70 bits per heavy atom. The predicted octanol–water partition coefficient (Wildman–Crippen LogP) is 5.70. The number of anilines is 1. The maximum atomic E-state index is 16.9. The fourth-order valence-electron chi connectivity index (χ4n) is 6.86. The third-order valence-electron chi connectivity index (χ3n) is 9.53. The number of rotatable bonds is 7. The van der Waals surface area contributed by atoms with E-state index in [1.165, 1.54) is 6.08 Å². The van der Waals surface area contributed by atoms with Crippen LogP contribution in [0.1, 0.15) is 49.6 Å². The third kappa shape index (κ3) is 4.70. The van der Waals surface area contributed by atoms with Crippen LogP contribution in [-0.2, 0) is 4.79 Å². The van der Waals surface area contributed by atoms with E-state index in [4.69, 9.17) is 16.6 Å². The summed E-state index contributed by atoms with van der Waals surface area (Å²) in [7, 11) is 4.10. The number of aromatic nitrogens is 4. The van der Waals surface area contributed by atoms with Gasteiger partial charge in [-0.25, -0.2) is 14.1 Å². The van der Waals surface area contributed by atoms with E-state index in [9.17, 15) is 10.1 Å². The summed E-state index contributed by atoms with van der Waals surface area (Å²) in [4.78, 5) is 23.5. The molecule has 2 atom stereocenters. The van der Waals surface area contributed by atoms with E-state index in [0.29, 0.717) is 64.2 Å². The molecular weight excluding hydrogens is 579 g/mol. The standard InChI is InChI=1S/C33H34ClFN8O/c1-4-27(44)42-14-12-21(15-20(42)11-13-36)43-32-25-16-26(34)28(24-8-6-5-7-23(24)19-9-10-19)29(35)30(25)37-33(31(32)38-39-43)41-17-22(18-41)40(2)3/h4-8,16,19-22H,1,9-12,14-15,17-18H2,2-3H3/t20-,21+/m1/s1. The second-order valence-electron chi connectivity index (χ2n) is 12.4. The first kappa shape index (κ1) is 28.7. The molecule has 2 aromatic carbocycles. The van der Waals surface area contributed by atoms with Gasteiger partial charge in [0.25, 0.3) is 0 Å². The van der Waals surface area contributed by atoms with Gasteiger partial charge in [-0.15, -0.1) is 5.10 Å². The number of piperidine rings is 1. The molecule has 2 aromatic heterocycles. The van der Waals surface area contributed by atoms with Crippen LogP contribution >= 0.6 is 11.6 Å². The number of hydrogen-bond acceptors (Lipinski definition) is 7.